The SMILES string of the molecule is CC(C)(C)[O-].CCCCC(CC)COC(=O)CCS.CCCCC(CC)COC(=O)CCSc1cccc(C#N)c1Cl.C[C@@H]1OCC2(CCN(c3ncc(Br)nc3CO)CC2)[C@@H]1N.C[C@@H]1OCC2(CCN(c3ncc(Sc4cccc(C#N)c4Cl)nc3CO)CC2)[C@@H]1N.[C-]#[N+]c1cccc(Br)c1Cl.[C-]#[N+]c1cccc(S)c1Cl.[K+]. The van der Waals surface area contributed by atoms with Crippen LogP contribution in [0.25, 0.3) is 9.69 Å². The van der Waals surface area contributed by atoms with Crippen LogP contribution in [-0.4, -0.2) is 136 Å². The normalized spacial score (nSPS) is 17.2. The molecule has 2 spiro atoms. The van der Waals surface area contributed by atoms with Gasteiger partial charge in [0.25, 0.3) is 0 Å². The molecule has 32 heteroatoms. The summed E-state index contributed by atoms with van der Waals surface area (Å²) in [6.45, 7) is 36.6. The molecule has 21 nitrogen and oxygen atoms in total. The van der Waals surface area contributed by atoms with E-state index < -0.39 is 5.60 Å². The number of thiol groups is 2. The molecular formula is C82H107Br2Cl4KN12O9S4. The molecule has 0 radical (unpaired) electrons. The molecule has 616 valence electrons. The second-order valence-electron chi connectivity index (χ2n) is 28.4. The summed E-state index contributed by atoms with van der Waals surface area (Å²) in [5.41, 5.74) is 15.1. The minimum Gasteiger partial charge on any atom is -0.850 e. The number of nitrogens with zero attached hydrogens (tertiary/aromatic N) is 10. The van der Waals surface area contributed by atoms with Crippen molar-refractivity contribution >= 4 is 162 Å². The van der Waals surface area contributed by atoms with Gasteiger partial charge in [-0.25, -0.2) is 29.6 Å². The van der Waals surface area contributed by atoms with Crippen molar-refractivity contribution in [1.82, 2.24) is 19.9 Å². The Morgan fingerprint density at radius 2 is 1.13 bits per heavy atom. The summed E-state index contributed by atoms with van der Waals surface area (Å²) in [7, 11) is 0. The average molecular weight is 1870 g/mol. The third-order valence-corrected chi connectivity index (χ3v) is 25.0. The van der Waals surface area contributed by atoms with E-state index in [9.17, 15) is 24.9 Å². The van der Waals surface area contributed by atoms with Crippen LogP contribution in [0.5, 0.6) is 0 Å². The quantitative estimate of drug-likeness (QED) is 0.0108. The summed E-state index contributed by atoms with van der Waals surface area (Å²) >= 11 is 41.2. The van der Waals surface area contributed by atoms with Crippen molar-refractivity contribution in [3.8, 4) is 12.1 Å². The zero-order valence-electron chi connectivity index (χ0n) is 66.8. The molecule has 4 aliphatic rings. The number of unbranched alkanes of at least 4 members (excludes halogenated alkanes) is 2. The van der Waals surface area contributed by atoms with Crippen molar-refractivity contribution in [1.29, 1.82) is 10.5 Å². The minimum atomic E-state index is -0.750. The standard InChI is InChI=1S/C21H24ClN5O2S.C18H24ClNO2S.C14H21BrN4O2.C11H22O2S.C7H3BrClN.C7H4ClNS.C4H9O.K/c1-13-19(24)21(12-29-13)5-7-27(8-6-21)20-15(11-28)26-17(10-25-20)30-16-4-2-3-14(9-23)18(16)22;1-3-5-7-14(4-2)13-22-17(21)10-11-23-16-9-6-8-15(12-20)18(16)19;1-9-12(16)14(8-21-9)2-4-19(5-3-14)13-10(7-20)18-11(15)6-17-13;1-3-5-6-10(4-2)9-13-11(12)7-8-14;1-10-6-4-2-3-5(8)7(6)9;1-9-5-3-2-4-6(10)7(5)8;1-4(2,3)5;/h2-4,10,13,19,28H,5-8,11-12,24H2,1H3;6,8-9,14H,3-5,7,10-11,13H2,1-2H3;6,9,12,20H,2-5,7-8,16H2,1H3;10,14H,3-9H2,1-2H3;2-4H;2-4,10H;1-3H3;/q;;;;;;-1;+1/t13-,19+;;9-,12+;;;;;/m0.0...../s1. The molecule has 4 saturated heterocycles. The molecule has 6 atom stereocenters. The first-order valence-electron chi connectivity index (χ1n) is 37.7. The number of piperidine rings is 2. The average Bonchev–Trinajstić information content (AvgIpc) is 1.57. The number of nitrogens with two attached hydrogens (primary N) is 2. The molecule has 4 aromatic carbocycles. The van der Waals surface area contributed by atoms with Crippen molar-refractivity contribution in [3.63, 3.8) is 0 Å². The Labute approximate surface area is 774 Å². The van der Waals surface area contributed by atoms with Gasteiger partial charge in [0.05, 0.1) is 121 Å². The monoisotopic (exact) mass is 1870 g/mol. The zero-order chi connectivity index (χ0) is 83.8. The largest absolute Gasteiger partial charge is 1.00 e. The van der Waals surface area contributed by atoms with Crippen molar-refractivity contribution in [2.75, 3.05) is 73.9 Å². The summed E-state index contributed by atoms with van der Waals surface area (Å²) in [5, 5.41) is 50.0. The summed E-state index contributed by atoms with van der Waals surface area (Å²) in [5.74, 6) is 3.37. The van der Waals surface area contributed by atoms with Crippen LogP contribution in [0, 0.1) is 58.5 Å². The van der Waals surface area contributed by atoms with E-state index in [-0.39, 0.29) is 112 Å². The predicted molar refractivity (Wildman–Crippen MR) is 467 cm³/mol. The maximum atomic E-state index is 11.8. The first kappa shape index (κ1) is 105. The number of anilines is 2. The molecule has 4 fully saturated rings. The zero-order valence-corrected chi connectivity index (χ0v) is 79.5. The number of ether oxygens (including phenoxy) is 4. The van der Waals surface area contributed by atoms with Gasteiger partial charge in [0.1, 0.15) is 33.2 Å². The van der Waals surface area contributed by atoms with Crippen LogP contribution in [0.3, 0.4) is 0 Å². The number of carbonyl (C=O) groups excluding carboxylic acids is 2. The number of thioether (sulfide) groups is 1. The molecule has 0 saturated carbocycles. The van der Waals surface area contributed by atoms with Gasteiger partial charge in [0, 0.05) is 79.8 Å². The number of halogens is 6. The van der Waals surface area contributed by atoms with Gasteiger partial charge in [0.2, 0.25) is 11.4 Å². The molecular weight excluding hydrogens is 1770 g/mol. The minimum absolute atomic E-state index is 0. The summed E-state index contributed by atoms with van der Waals surface area (Å²) in [6.07, 6.45) is 17.4. The molecule has 0 bridgehead atoms. The molecule has 114 heavy (non-hydrogen) atoms. The van der Waals surface area contributed by atoms with Gasteiger partial charge in [-0.05, 0) is 117 Å². The van der Waals surface area contributed by atoms with Gasteiger partial charge >= 0.3 is 63.3 Å². The van der Waals surface area contributed by atoms with Crippen molar-refractivity contribution in [2.45, 2.75) is 215 Å². The number of aromatic nitrogens is 4. The number of aliphatic hydroxyl groups is 2. The predicted octanol–water partition coefficient (Wildman–Crippen LogP) is 16.5. The van der Waals surface area contributed by atoms with Gasteiger partial charge < -0.3 is 55.5 Å². The Bertz CT molecular complexity index is 4060. The van der Waals surface area contributed by atoms with E-state index >= 15 is 0 Å². The topological polar surface area (TPSA) is 301 Å². The van der Waals surface area contributed by atoms with Gasteiger partial charge in [-0.2, -0.15) is 23.2 Å². The Morgan fingerprint density at radius 3 is 1.54 bits per heavy atom. The number of benzene rings is 4. The third-order valence-electron chi connectivity index (χ3n) is 19.1. The van der Waals surface area contributed by atoms with Crippen LogP contribution in [0.2, 0.25) is 20.1 Å². The van der Waals surface area contributed by atoms with Gasteiger partial charge in [-0.3, -0.25) is 9.59 Å². The summed E-state index contributed by atoms with van der Waals surface area (Å²) in [4.78, 5) is 53.8. The van der Waals surface area contributed by atoms with E-state index in [1.165, 1.54) is 55.6 Å². The number of esters is 2. The Kier molecular flexibility index (Phi) is 50.8. The number of hydrogen-bond donors (Lipinski definition) is 6. The maximum absolute atomic E-state index is 11.8. The van der Waals surface area contributed by atoms with Crippen molar-refractivity contribution < 1.29 is 95.2 Å². The van der Waals surface area contributed by atoms with Crippen molar-refractivity contribution in [3.05, 3.63) is 160 Å². The Morgan fingerprint density at radius 1 is 0.702 bits per heavy atom. The van der Waals surface area contributed by atoms with Crippen LogP contribution in [0.1, 0.15) is 175 Å². The van der Waals surface area contributed by atoms with E-state index in [0.717, 1.165) is 97.8 Å². The number of rotatable bonds is 24. The van der Waals surface area contributed by atoms with Crippen LogP contribution in [0.4, 0.5) is 23.0 Å². The molecule has 2 aromatic heterocycles. The molecule has 10 rings (SSSR count). The van der Waals surface area contributed by atoms with E-state index in [0.29, 0.717) is 130 Å². The summed E-state index contributed by atoms with van der Waals surface area (Å²) < 4.78 is 23.5. The van der Waals surface area contributed by atoms with E-state index in [4.69, 9.17) is 100 Å². The van der Waals surface area contributed by atoms with E-state index in [1.54, 1.807) is 93.8 Å². The molecule has 6 heterocycles. The number of carbonyl (C=O) groups is 2. The van der Waals surface area contributed by atoms with Crippen LogP contribution >= 0.6 is 127 Å². The number of aliphatic hydroxyl groups excluding tert-OH is 2. The van der Waals surface area contributed by atoms with Gasteiger partial charge in [0.15, 0.2) is 11.6 Å². The molecule has 2 unspecified atom stereocenters. The molecule has 4 aliphatic heterocycles. The number of nitriles is 2. The van der Waals surface area contributed by atoms with Crippen LogP contribution < -0.4 is 77.8 Å². The van der Waals surface area contributed by atoms with E-state index in [2.05, 4.69) is 143 Å². The molecule has 6 N–H and O–H groups in total. The fourth-order valence-corrected chi connectivity index (χ4v) is 16.0. The third kappa shape index (κ3) is 34.9. The smallest absolute Gasteiger partial charge is 0.850 e. The van der Waals surface area contributed by atoms with Gasteiger partial charge in [-0.1, -0.05) is 197 Å². The first-order valence-corrected chi connectivity index (χ1v) is 43.7. The van der Waals surface area contributed by atoms with Crippen LogP contribution in [0.15, 0.2) is 114 Å². The fourth-order valence-electron chi connectivity index (χ4n) is 12.2. The van der Waals surface area contributed by atoms with Crippen LogP contribution in [-0.2, 0) is 41.8 Å². The van der Waals surface area contributed by atoms with Gasteiger partial charge in [-0.15, -0.1) is 30.0 Å². The maximum Gasteiger partial charge on any atom is 1.00 e. The Balaban J connectivity index is 0.000000363. The molecule has 6 aromatic rings. The van der Waals surface area contributed by atoms with E-state index in [1.807, 2.05) is 19.1 Å². The molecule has 0 aliphatic carbocycles. The fraction of sp³-hybridized carbons (Fsp3) is 0.537. The number of hydrogen-bond acceptors (Lipinski definition) is 23. The van der Waals surface area contributed by atoms with Crippen molar-refractivity contribution in [2.24, 2.45) is 34.1 Å². The Hall–Kier alpha value is -3.58. The summed E-state index contributed by atoms with van der Waals surface area (Å²) in [6, 6.07) is 25.3. The first-order chi connectivity index (χ1) is 53.9. The second-order valence-corrected chi connectivity index (χ2v) is 34.7. The molecule has 0 amide bonds. The second kappa shape index (κ2) is 55.4.